The minimum absolute atomic E-state index is 0.127. The molecule has 0 bridgehead atoms. The van der Waals surface area contributed by atoms with E-state index in [9.17, 15) is 4.79 Å². The van der Waals surface area contributed by atoms with Crippen molar-refractivity contribution in [1.82, 2.24) is 0 Å². The standard InChI is InChI=1S/C14H13BrOS/c1-3-10-6-4-5-7-11(10)14(16)12-8-13(15)17-9(12)2/h4-8H,3H2,1-2H3. The fourth-order valence-electron chi connectivity index (χ4n) is 1.87. The highest BCUT2D eigenvalue weighted by molar-refractivity contribution is 9.11. The molecule has 0 saturated heterocycles. The molecule has 17 heavy (non-hydrogen) atoms. The van der Waals surface area contributed by atoms with Crippen LogP contribution in [0.2, 0.25) is 0 Å². The smallest absolute Gasteiger partial charge is 0.194 e. The van der Waals surface area contributed by atoms with E-state index in [0.717, 1.165) is 31.8 Å². The van der Waals surface area contributed by atoms with Crippen LogP contribution in [0.1, 0.15) is 33.3 Å². The molecule has 0 unspecified atom stereocenters. The number of hydrogen-bond donors (Lipinski definition) is 0. The molecule has 0 aliphatic rings. The third-order valence-corrected chi connectivity index (χ3v) is 4.33. The van der Waals surface area contributed by atoms with Crippen molar-refractivity contribution >= 4 is 33.0 Å². The van der Waals surface area contributed by atoms with Gasteiger partial charge in [0.2, 0.25) is 0 Å². The summed E-state index contributed by atoms with van der Waals surface area (Å²) in [6, 6.07) is 9.74. The van der Waals surface area contributed by atoms with Crippen LogP contribution in [0.25, 0.3) is 0 Å². The Morgan fingerprint density at radius 1 is 1.29 bits per heavy atom. The molecule has 0 fully saturated rings. The third-order valence-electron chi connectivity index (χ3n) is 2.78. The Bertz CT molecular complexity index is 557. The van der Waals surface area contributed by atoms with E-state index in [4.69, 9.17) is 0 Å². The van der Waals surface area contributed by atoms with Gasteiger partial charge in [-0.1, -0.05) is 31.2 Å². The Hall–Kier alpha value is -0.930. The molecule has 1 aromatic carbocycles. The van der Waals surface area contributed by atoms with Gasteiger partial charge in [-0.05, 0) is 40.9 Å². The first-order valence-corrected chi connectivity index (χ1v) is 7.13. The first-order chi connectivity index (χ1) is 8.13. The lowest BCUT2D eigenvalue weighted by molar-refractivity contribution is 0.103. The fourth-order valence-corrected chi connectivity index (χ4v) is 3.55. The van der Waals surface area contributed by atoms with Crippen LogP contribution < -0.4 is 0 Å². The van der Waals surface area contributed by atoms with Crippen LogP contribution in [0.15, 0.2) is 34.1 Å². The number of rotatable bonds is 3. The summed E-state index contributed by atoms with van der Waals surface area (Å²) in [5.41, 5.74) is 2.74. The second-order valence-electron chi connectivity index (χ2n) is 3.86. The molecule has 1 heterocycles. The SMILES string of the molecule is CCc1ccccc1C(=O)c1cc(Br)sc1C. The van der Waals surface area contributed by atoms with Gasteiger partial charge in [0.15, 0.2) is 5.78 Å². The zero-order chi connectivity index (χ0) is 12.4. The number of halogens is 1. The van der Waals surface area contributed by atoms with E-state index in [0.29, 0.717) is 0 Å². The van der Waals surface area contributed by atoms with Crippen LogP contribution in [0.4, 0.5) is 0 Å². The van der Waals surface area contributed by atoms with E-state index < -0.39 is 0 Å². The molecular formula is C14H13BrOS. The maximum absolute atomic E-state index is 12.4. The van der Waals surface area contributed by atoms with Gasteiger partial charge in [0.25, 0.3) is 0 Å². The first kappa shape index (κ1) is 12.5. The van der Waals surface area contributed by atoms with Gasteiger partial charge in [-0.25, -0.2) is 0 Å². The molecule has 88 valence electrons. The molecule has 2 aromatic rings. The minimum atomic E-state index is 0.127. The first-order valence-electron chi connectivity index (χ1n) is 5.52. The maximum atomic E-state index is 12.4. The zero-order valence-electron chi connectivity index (χ0n) is 9.79. The summed E-state index contributed by atoms with van der Waals surface area (Å²) in [6.45, 7) is 4.06. The summed E-state index contributed by atoms with van der Waals surface area (Å²) in [5, 5.41) is 0. The highest BCUT2D eigenvalue weighted by atomic mass is 79.9. The Morgan fingerprint density at radius 3 is 2.59 bits per heavy atom. The molecule has 0 aliphatic carbocycles. The van der Waals surface area contributed by atoms with E-state index in [1.807, 2.05) is 37.3 Å². The summed E-state index contributed by atoms with van der Waals surface area (Å²) >= 11 is 5.03. The number of ketones is 1. The summed E-state index contributed by atoms with van der Waals surface area (Å²) in [7, 11) is 0. The number of hydrogen-bond acceptors (Lipinski definition) is 2. The number of thiophene rings is 1. The molecule has 0 atom stereocenters. The van der Waals surface area contributed by atoms with E-state index in [2.05, 4.69) is 22.9 Å². The van der Waals surface area contributed by atoms with Crippen LogP contribution in [-0.2, 0) is 6.42 Å². The fraction of sp³-hybridized carbons (Fsp3) is 0.214. The average molecular weight is 309 g/mol. The maximum Gasteiger partial charge on any atom is 0.194 e. The Kier molecular flexibility index (Phi) is 3.79. The van der Waals surface area contributed by atoms with Gasteiger partial charge in [-0.15, -0.1) is 11.3 Å². The van der Waals surface area contributed by atoms with Crippen LogP contribution in [0, 0.1) is 6.92 Å². The van der Waals surface area contributed by atoms with Gasteiger partial charge in [0, 0.05) is 16.0 Å². The monoisotopic (exact) mass is 308 g/mol. The molecule has 0 spiro atoms. The summed E-state index contributed by atoms with van der Waals surface area (Å²) in [5.74, 6) is 0.127. The van der Waals surface area contributed by atoms with E-state index in [1.165, 1.54) is 0 Å². The number of aryl methyl sites for hydroxylation is 2. The summed E-state index contributed by atoms with van der Waals surface area (Å²) < 4.78 is 1.01. The van der Waals surface area contributed by atoms with Crippen LogP contribution in [-0.4, -0.2) is 5.78 Å². The second kappa shape index (κ2) is 5.15. The molecule has 1 nitrogen and oxygen atoms in total. The van der Waals surface area contributed by atoms with Crippen LogP contribution in [0.3, 0.4) is 0 Å². The van der Waals surface area contributed by atoms with Crippen molar-refractivity contribution in [2.24, 2.45) is 0 Å². The van der Waals surface area contributed by atoms with Gasteiger partial charge < -0.3 is 0 Å². The van der Waals surface area contributed by atoms with Gasteiger partial charge in [-0.2, -0.15) is 0 Å². The Labute approximate surface area is 114 Å². The molecule has 0 radical (unpaired) electrons. The van der Waals surface area contributed by atoms with Crippen molar-refractivity contribution in [3.63, 3.8) is 0 Å². The van der Waals surface area contributed by atoms with Gasteiger partial charge in [0.05, 0.1) is 3.79 Å². The molecule has 0 N–H and O–H groups in total. The van der Waals surface area contributed by atoms with Crippen molar-refractivity contribution < 1.29 is 4.79 Å². The minimum Gasteiger partial charge on any atom is -0.289 e. The van der Waals surface area contributed by atoms with Crippen LogP contribution in [0.5, 0.6) is 0 Å². The van der Waals surface area contributed by atoms with Gasteiger partial charge in [0.1, 0.15) is 0 Å². The average Bonchev–Trinajstić information content (AvgIpc) is 2.67. The van der Waals surface area contributed by atoms with Crippen molar-refractivity contribution in [3.8, 4) is 0 Å². The Balaban J connectivity index is 2.47. The lowest BCUT2D eigenvalue weighted by Gasteiger charge is -2.05. The molecule has 0 amide bonds. The predicted molar refractivity (Wildman–Crippen MR) is 76.0 cm³/mol. The lowest BCUT2D eigenvalue weighted by Crippen LogP contribution is -2.04. The lowest BCUT2D eigenvalue weighted by atomic mass is 9.97. The molecule has 1 aromatic heterocycles. The van der Waals surface area contributed by atoms with Crippen molar-refractivity contribution in [2.75, 3.05) is 0 Å². The van der Waals surface area contributed by atoms with E-state index in [-0.39, 0.29) is 5.78 Å². The molecular weight excluding hydrogens is 296 g/mol. The summed E-state index contributed by atoms with van der Waals surface area (Å²) in [6.07, 6.45) is 0.881. The molecule has 3 heteroatoms. The van der Waals surface area contributed by atoms with Crippen molar-refractivity contribution in [1.29, 1.82) is 0 Å². The molecule has 0 saturated carbocycles. The van der Waals surface area contributed by atoms with E-state index >= 15 is 0 Å². The Morgan fingerprint density at radius 2 is 2.00 bits per heavy atom. The van der Waals surface area contributed by atoms with Crippen LogP contribution >= 0.6 is 27.3 Å². The topological polar surface area (TPSA) is 17.1 Å². The number of carbonyl (C=O) groups is 1. The molecule has 2 rings (SSSR count). The predicted octanol–water partition coefficient (Wildman–Crippen LogP) is 4.61. The normalized spacial score (nSPS) is 10.5. The van der Waals surface area contributed by atoms with Crippen molar-refractivity contribution in [3.05, 3.63) is 55.7 Å². The van der Waals surface area contributed by atoms with Gasteiger partial charge in [-0.3, -0.25) is 4.79 Å². The zero-order valence-corrected chi connectivity index (χ0v) is 12.2. The second-order valence-corrected chi connectivity index (χ2v) is 6.50. The number of carbonyl (C=O) groups excluding carboxylic acids is 1. The highest BCUT2D eigenvalue weighted by Crippen LogP contribution is 2.28. The van der Waals surface area contributed by atoms with Crippen molar-refractivity contribution in [2.45, 2.75) is 20.3 Å². The van der Waals surface area contributed by atoms with E-state index in [1.54, 1.807) is 11.3 Å². The highest BCUT2D eigenvalue weighted by Gasteiger charge is 2.16. The largest absolute Gasteiger partial charge is 0.289 e. The quantitative estimate of drug-likeness (QED) is 0.757. The van der Waals surface area contributed by atoms with Gasteiger partial charge >= 0.3 is 0 Å². The summed E-state index contributed by atoms with van der Waals surface area (Å²) in [4.78, 5) is 13.5. The number of benzene rings is 1. The molecule has 0 aliphatic heterocycles. The third kappa shape index (κ3) is 2.50.